The fraction of sp³-hybridized carbons (Fsp3) is 0.381. The molecule has 30 heavy (non-hydrogen) atoms. The highest BCUT2D eigenvalue weighted by Crippen LogP contribution is 2.51. The molecule has 0 bridgehead atoms. The molecule has 1 heterocycles. The van der Waals surface area contributed by atoms with Crippen molar-refractivity contribution in [3.8, 4) is 0 Å². The minimum Gasteiger partial charge on any atom is -0.372 e. The van der Waals surface area contributed by atoms with Crippen LogP contribution in [-0.4, -0.2) is 42.1 Å². The van der Waals surface area contributed by atoms with E-state index in [1.54, 1.807) is 28.7 Å². The highest BCUT2D eigenvalue weighted by atomic mass is 127. The number of alkyl halides is 3. The van der Waals surface area contributed by atoms with Gasteiger partial charge in [-0.05, 0) is 53.9 Å². The van der Waals surface area contributed by atoms with Gasteiger partial charge in [0.1, 0.15) is 0 Å². The molecule has 0 aromatic heterocycles. The van der Waals surface area contributed by atoms with Crippen molar-refractivity contribution in [3.05, 3.63) is 61.7 Å². The van der Waals surface area contributed by atoms with Crippen molar-refractivity contribution in [1.82, 2.24) is 4.90 Å². The van der Waals surface area contributed by atoms with Crippen LogP contribution in [0.1, 0.15) is 30.5 Å². The molecular weight excluding hydrogens is 532 g/mol. The van der Waals surface area contributed by atoms with E-state index in [4.69, 9.17) is 11.6 Å². The molecule has 4 nitrogen and oxygen atoms in total. The topological polar surface area (TPSA) is 43.8 Å². The zero-order chi connectivity index (χ0) is 22.3. The van der Waals surface area contributed by atoms with Gasteiger partial charge >= 0.3 is 6.18 Å². The summed E-state index contributed by atoms with van der Waals surface area (Å²) in [4.78, 5) is 16.7. The second kappa shape index (κ2) is 8.64. The summed E-state index contributed by atoms with van der Waals surface area (Å²) in [5, 5.41) is 11.6. The Bertz CT molecular complexity index is 966. The average molecular weight is 553 g/mol. The number of carbonyl (C=O) groups excluding carboxylic acids is 1. The number of fused-ring (bicyclic) bond motifs is 1. The van der Waals surface area contributed by atoms with Gasteiger partial charge in [-0.2, -0.15) is 13.2 Å². The Morgan fingerprint density at radius 2 is 1.83 bits per heavy atom. The van der Waals surface area contributed by atoms with Crippen molar-refractivity contribution in [1.29, 1.82) is 0 Å². The van der Waals surface area contributed by atoms with Gasteiger partial charge in [-0.3, -0.25) is 4.79 Å². The summed E-state index contributed by atoms with van der Waals surface area (Å²) in [5.74, 6) is -0.828. The van der Waals surface area contributed by atoms with Crippen LogP contribution in [0.25, 0.3) is 0 Å². The number of halogens is 5. The Hall–Kier alpha value is -1.36. The highest BCUT2D eigenvalue weighted by molar-refractivity contribution is 14.1. The highest BCUT2D eigenvalue weighted by Gasteiger charge is 2.56. The predicted molar refractivity (Wildman–Crippen MR) is 119 cm³/mol. The molecule has 0 radical (unpaired) electrons. The van der Waals surface area contributed by atoms with Crippen LogP contribution in [0.2, 0.25) is 5.02 Å². The summed E-state index contributed by atoms with van der Waals surface area (Å²) >= 11 is 8.01. The van der Waals surface area contributed by atoms with E-state index in [9.17, 15) is 23.1 Å². The van der Waals surface area contributed by atoms with Gasteiger partial charge in [-0.25, -0.2) is 0 Å². The fourth-order valence-electron chi connectivity index (χ4n) is 3.83. The second-order valence-electron chi connectivity index (χ2n) is 7.02. The van der Waals surface area contributed by atoms with Crippen molar-refractivity contribution >= 4 is 45.8 Å². The van der Waals surface area contributed by atoms with Crippen molar-refractivity contribution < 1.29 is 23.1 Å². The van der Waals surface area contributed by atoms with Gasteiger partial charge in [0.05, 0.1) is 11.3 Å². The maximum absolute atomic E-state index is 14.0. The first-order chi connectivity index (χ1) is 14.1. The SMILES string of the molecule is CCN(CC)CCN1C(=O)[C@](O)(c2ccccc2Cl)c2c1cc(I)cc2C(F)(F)F. The molecule has 9 heteroatoms. The molecule has 1 amide bonds. The monoisotopic (exact) mass is 552 g/mol. The van der Waals surface area contributed by atoms with Crippen molar-refractivity contribution in [2.24, 2.45) is 0 Å². The summed E-state index contributed by atoms with van der Waals surface area (Å²) < 4.78 is 42.2. The minimum absolute atomic E-state index is 0.0246. The van der Waals surface area contributed by atoms with E-state index < -0.39 is 28.8 Å². The van der Waals surface area contributed by atoms with E-state index in [2.05, 4.69) is 4.90 Å². The molecule has 1 atom stereocenters. The summed E-state index contributed by atoms with van der Waals surface area (Å²) in [5.41, 5.74) is -4.02. The second-order valence-corrected chi connectivity index (χ2v) is 8.67. The Labute approximate surface area is 191 Å². The Morgan fingerprint density at radius 1 is 1.20 bits per heavy atom. The molecule has 0 saturated carbocycles. The van der Waals surface area contributed by atoms with E-state index in [0.29, 0.717) is 10.1 Å². The molecule has 0 spiro atoms. The third-order valence-corrected chi connectivity index (χ3v) is 6.35. The third-order valence-electron chi connectivity index (χ3n) is 5.39. The number of carbonyl (C=O) groups is 1. The fourth-order valence-corrected chi connectivity index (χ4v) is 4.71. The predicted octanol–water partition coefficient (Wildman–Crippen LogP) is 4.89. The average Bonchev–Trinajstić information content (AvgIpc) is 2.89. The summed E-state index contributed by atoms with van der Waals surface area (Å²) in [7, 11) is 0. The zero-order valence-electron chi connectivity index (χ0n) is 16.4. The van der Waals surface area contributed by atoms with Crippen LogP contribution in [-0.2, 0) is 16.6 Å². The molecule has 1 aliphatic rings. The smallest absolute Gasteiger partial charge is 0.372 e. The number of rotatable bonds is 6. The molecule has 2 aromatic rings. The number of likely N-dealkylation sites (N-methyl/N-ethyl adjacent to an activating group) is 1. The maximum atomic E-state index is 14.0. The molecule has 162 valence electrons. The molecule has 0 saturated heterocycles. The van der Waals surface area contributed by atoms with E-state index in [-0.39, 0.29) is 22.8 Å². The van der Waals surface area contributed by atoms with E-state index in [1.807, 2.05) is 13.8 Å². The third kappa shape index (κ3) is 3.94. The van der Waals surface area contributed by atoms with Crippen molar-refractivity contribution in [2.45, 2.75) is 25.6 Å². The lowest BCUT2D eigenvalue weighted by molar-refractivity contribution is -0.142. The Balaban J connectivity index is 2.25. The molecule has 0 fully saturated rings. The maximum Gasteiger partial charge on any atom is 0.416 e. The number of hydrogen-bond acceptors (Lipinski definition) is 3. The lowest BCUT2D eigenvalue weighted by Gasteiger charge is -2.27. The molecular formula is C21H21ClF3IN2O2. The minimum atomic E-state index is -4.75. The summed E-state index contributed by atoms with van der Waals surface area (Å²) in [6, 6.07) is 8.40. The van der Waals surface area contributed by atoms with Gasteiger partial charge in [0.25, 0.3) is 5.91 Å². The Kier molecular flexibility index (Phi) is 6.71. The standard InChI is InChI=1S/C21H21ClF3IN2O2/c1-3-27(4-2)9-10-28-17-12-13(26)11-15(21(23,24)25)18(17)20(30,19(28)29)14-7-5-6-8-16(14)22/h5-8,11-12,30H,3-4,9-10H2,1-2H3/t20-/m0/s1. The molecule has 1 aliphatic heterocycles. The van der Waals surface area contributed by atoms with Gasteiger partial charge in [-0.15, -0.1) is 0 Å². The lowest BCUT2D eigenvalue weighted by Crippen LogP contribution is -2.44. The van der Waals surface area contributed by atoms with Crippen molar-refractivity contribution in [3.63, 3.8) is 0 Å². The first-order valence-electron chi connectivity index (χ1n) is 9.48. The van der Waals surface area contributed by atoms with Crippen LogP contribution in [0.15, 0.2) is 36.4 Å². The summed E-state index contributed by atoms with van der Waals surface area (Å²) in [6.45, 7) is 6.02. The van der Waals surface area contributed by atoms with Gasteiger partial charge in [0, 0.05) is 32.8 Å². The largest absolute Gasteiger partial charge is 0.416 e. The number of benzene rings is 2. The number of anilines is 1. The zero-order valence-corrected chi connectivity index (χ0v) is 19.3. The molecule has 0 unspecified atom stereocenters. The molecule has 3 rings (SSSR count). The van der Waals surface area contributed by atoms with Crippen LogP contribution in [0.4, 0.5) is 18.9 Å². The molecule has 0 aliphatic carbocycles. The van der Waals surface area contributed by atoms with Gasteiger partial charge < -0.3 is 14.9 Å². The number of aliphatic hydroxyl groups is 1. The summed E-state index contributed by atoms with van der Waals surface area (Å²) in [6.07, 6.45) is -4.75. The number of nitrogens with zero attached hydrogens (tertiary/aromatic N) is 2. The number of hydrogen-bond donors (Lipinski definition) is 1. The lowest BCUT2D eigenvalue weighted by atomic mass is 9.84. The molecule has 2 aromatic carbocycles. The van der Waals surface area contributed by atoms with Crippen LogP contribution >= 0.6 is 34.2 Å². The van der Waals surface area contributed by atoms with E-state index >= 15 is 0 Å². The van der Waals surface area contributed by atoms with Crippen LogP contribution in [0, 0.1) is 3.57 Å². The van der Waals surface area contributed by atoms with Crippen LogP contribution in [0.5, 0.6) is 0 Å². The van der Waals surface area contributed by atoms with Gasteiger partial charge in [0.2, 0.25) is 0 Å². The number of amides is 1. The van der Waals surface area contributed by atoms with Crippen LogP contribution < -0.4 is 4.90 Å². The van der Waals surface area contributed by atoms with Crippen molar-refractivity contribution in [2.75, 3.05) is 31.1 Å². The quantitative estimate of drug-likeness (QED) is 0.519. The van der Waals surface area contributed by atoms with Crippen LogP contribution in [0.3, 0.4) is 0 Å². The van der Waals surface area contributed by atoms with Gasteiger partial charge in [-0.1, -0.05) is 43.6 Å². The van der Waals surface area contributed by atoms with E-state index in [0.717, 1.165) is 19.2 Å². The first-order valence-corrected chi connectivity index (χ1v) is 10.9. The van der Waals surface area contributed by atoms with E-state index in [1.165, 1.54) is 29.2 Å². The van der Waals surface area contributed by atoms with Gasteiger partial charge in [0.15, 0.2) is 5.60 Å². The normalized spacial score (nSPS) is 19.0. The first kappa shape index (κ1) is 23.3. The Morgan fingerprint density at radius 3 is 2.40 bits per heavy atom. The molecule has 1 N–H and O–H groups in total.